The van der Waals surface area contributed by atoms with E-state index in [1.807, 2.05) is 24.3 Å². The van der Waals surface area contributed by atoms with E-state index in [4.69, 9.17) is 9.84 Å². The minimum Gasteiger partial charge on any atom is -0.495 e. The van der Waals surface area contributed by atoms with Crippen LogP contribution in [0.1, 0.15) is 6.92 Å². The maximum Gasteiger partial charge on any atom is 0.141 e. The topological polar surface area (TPSA) is 41.5 Å². The molecular formula is C10H15NO2. The van der Waals surface area contributed by atoms with Crippen LogP contribution in [0.2, 0.25) is 0 Å². The van der Waals surface area contributed by atoms with Gasteiger partial charge in [0.1, 0.15) is 5.75 Å². The molecular weight excluding hydrogens is 166 g/mol. The Morgan fingerprint density at radius 3 is 2.77 bits per heavy atom. The number of hydrogen-bond acceptors (Lipinski definition) is 3. The zero-order valence-electron chi connectivity index (χ0n) is 7.95. The number of rotatable bonds is 4. The van der Waals surface area contributed by atoms with Gasteiger partial charge in [0.2, 0.25) is 0 Å². The fourth-order valence-electron chi connectivity index (χ4n) is 1.05. The fourth-order valence-corrected chi connectivity index (χ4v) is 1.05. The molecule has 0 spiro atoms. The van der Waals surface area contributed by atoms with Crippen LogP contribution in [0, 0.1) is 0 Å². The molecule has 0 aromatic heterocycles. The lowest BCUT2D eigenvalue weighted by Crippen LogP contribution is -2.15. The average Bonchev–Trinajstić information content (AvgIpc) is 2.15. The van der Waals surface area contributed by atoms with Gasteiger partial charge in [0.05, 0.1) is 18.9 Å². The van der Waals surface area contributed by atoms with E-state index < -0.39 is 0 Å². The van der Waals surface area contributed by atoms with Crippen LogP contribution >= 0.6 is 0 Å². The quantitative estimate of drug-likeness (QED) is 0.739. The smallest absolute Gasteiger partial charge is 0.141 e. The Balaban J connectivity index is 2.64. The zero-order valence-corrected chi connectivity index (χ0v) is 7.95. The molecule has 0 saturated heterocycles. The highest BCUT2D eigenvalue weighted by molar-refractivity contribution is 5.56. The molecule has 1 aromatic rings. The van der Waals surface area contributed by atoms with Gasteiger partial charge in [0, 0.05) is 6.54 Å². The normalized spacial score (nSPS) is 12.2. The van der Waals surface area contributed by atoms with Gasteiger partial charge < -0.3 is 15.2 Å². The highest BCUT2D eigenvalue weighted by Gasteiger charge is 2.01. The molecule has 0 unspecified atom stereocenters. The van der Waals surface area contributed by atoms with Crippen LogP contribution in [0.4, 0.5) is 5.69 Å². The van der Waals surface area contributed by atoms with Crippen molar-refractivity contribution in [1.82, 2.24) is 0 Å². The first kappa shape index (κ1) is 9.86. The van der Waals surface area contributed by atoms with Crippen molar-refractivity contribution in [3.05, 3.63) is 24.3 Å². The predicted molar refractivity (Wildman–Crippen MR) is 53.2 cm³/mol. The van der Waals surface area contributed by atoms with Crippen molar-refractivity contribution in [1.29, 1.82) is 0 Å². The van der Waals surface area contributed by atoms with Gasteiger partial charge >= 0.3 is 0 Å². The first-order valence-corrected chi connectivity index (χ1v) is 4.29. The Kier molecular flexibility index (Phi) is 3.58. The molecule has 1 aromatic carbocycles. The first-order valence-electron chi connectivity index (χ1n) is 4.29. The van der Waals surface area contributed by atoms with Crippen LogP contribution in [-0.4, -0.2) is 24.9 Å². The molecule has 3 nitrogen and oxygen atoms in total. The van der Waals surface area contributed by atoms with Crippen LogP contribution in [0.25, 0.3) is 0 Å². The molecule has 0 saturated carbocycles. The maximum atomic E-state index is 9.07. The molecule has 2 N–H and O–H groups in total. The van der Waals surface area contributed by atoms with E-state index in [9.17, 15) is 0 Å². The minimum atomic E-state index is -0.357. The van der Waals surface area contributed by atoms with E-state index in [1.54, 1.807) is 14.0 Å². The Morgan fingerprint density at radius 1 is 1.46 bits per heavy atom. The highest BCUT2D eigenvalue weighted by atomic mass is 16.5. The number of nitrogens with one attached hydrogen (secondary N) is 1. The third kappa shape index (κ3) is 2.95. The van der Waals surface area contributed by atoms with E-state index in [2.05, 4.69) is 5.32 Å². The number of aliphatic hydroxyl groups is 1. The Hall–Kier alpha value is -1.22. The van der Waals surface area contributed by atoms with E-state index in [0.29, 0.717) is 6.54 Å². The highest BCUT2D eigenvalue weighted by Crippen LogP contribution is 2.22. The van der Waals surface area contributed by atoms with Gasteiger partial charge in [-0.3, -0.25) is 0 Å². The molecule has 72 valence electrons. The van der Waals surface area contributed by atoms with Crippen molar-refractivity contribution >= 4 is 5.69 Å². The van der Waals surface area contributed by atoms with E-state index in [0.717, 1.165) is 11.4 Å². The van der Waals surface area contributed by atoms with Gasteiger partial charge in [-0.05, 0) is 19.1 Å². The molecule has 0 radical (unpaired) electrons. The summed E-state index contributed by atoms with van der Waals surface area (Å²) in [7, 11) is 1.63. The van der Waals surface area contributed by atoms with Crippen LogP contribution in [-0.2, 0) is 0 Å². The standard InChI is InChI=1S/C10H15NO2/c1-8(12)7-11-9-5-3-4-6-10(9)13-2/h3-6,8,11-12H,7H2,1-2H3/t8-/m0/s1. The molecule has 13 heavy (non-hydrogen) atoms. The molecule has 0 amide bonds. The zero-order chi connectivity index (χ0) is 9.68. The second-order valence-electron chi connectivity index (χ2n) is 2.93. The molecule has 3 heteroatoms. The SMILES string of the molecule is COc1ccccc1NC[C@H](C)O. The second-order valence-corrected chi connectivity index (χ2v) is 2.93. The van der Waals surface area contributed by atoms with Gasteiger partial charge in [-0.1, -0.05) is 12.1 Å². The van der Waals surface area contributed by atoms with Crippen LogP contribution in [0.5, 0.6) is 5.75 Å². The molecule has 0 aliphatic rings. The van der Waals surface area contributed by atoms with Gasteiger partial charge in [-0.2, -0.15) is 0 Å². The maximum absolute atomic E-state index is 9.07. The first-order chi connectivity index (χ1) is 6.24. The van der Waals surface area contributed by atoms with E-state index in [-0.39, 0.29) is 6.10 Å². The summed E-state index contributed by atoms with van der Waals surface area (Å²) in [6, 6.07) is 7.63. The number of ether oxygens (including phenoxy) is 1. The number of methoxy groups -OCH3 is 1. The van der Waals surface area contributed by atoms with E-state index in [1.165, 1.54) is 0 Å². The number of para-hydroxylation sites is 2. The van der Waals surface area contributed by atoms with Crippen LogP contribution in [0.15, 0.2) is 24.3 Å². The Morgan fingerprint density at radius 2 is 2.15 bits per heavy atom. The summed E-state index contributed by atoms with van der Waals surface area (Å²) in [6.07, 6.45) is -0.357. The van der Waals surface area contributed by atoms with E-state index >= 15 is 0 Å². The lowest BCUT2D eigenvalue weighted by atomic mass is 10.3. The molecule has 1 atom stereocenters. The lowest BCUT2D eigenvalue weighted by molar-refractivity contribution is 0.208. The molecule has 0 bridgehead atoms. The summed E-state index contributed by atoms with van der Waals surface area (Å²) in [5, 5.41) is 12.2. The Bertz CT molecular complexity index is 261. The van der Waals surface area contributed by atoms with Crippen molar-refractivity contribution < 1.29 is 9.84 Å². The molecule has 0 aliphatic carbocycles. The molecule has 0 aliphatic heterocycles. The summed E-state index contributed by atoms with van der Waals surface area (Å²) in [4.78, 5) is 0. The number of benzene rings is 1. The molecule has 0 fully saturated rings. The van der Waals surface area contributed by atoms with Crippen molar-refractivity contribution in [2.45, 2.75) is 13.0 Å². The number of aliphatic hydroxyl groups excluding tert-OH is 1. The monoisotopic (exact) mass is 181 g/mol. The van der Waals surface area contributed by atoms with Crippen molar-refractivity contribution in [3.63, 3.8) is 0 Å². The third-order valence-electron chi connectivity index (χ3n) is 1.69. The predicted octanol–water partition coefficient (Wildman–Crippen LogP) is 1.49. The molecule has 1 rings (SSSR count). The summed E-state index contributed by atoms with van der Waals surface area (Å²) >= 11 is 0. The second kappa shape index (κ2) is 4.72. The van der Waals surface area contributed by atoms with Crippen molar-refractivity contribution in [2.75, 3.05) is 19.0 Å². The summed E-state index contributed by atoms with van der Waals surface area (Å²) in [6.45, 7) is 2.27. The van der Waals surface area contributed by atoms with Crippen molar-refractivity contribution in [2.24, 2.45) is 0 Å². The third-order valence-corrected chi connectivity index (χ3v) is 1.69. The van der Waals surface area contributed by atoms with Gasteiger partial charge in [-0.25, -0.2) is 0 Å². The minimum absolute atomic E-state index is 0.357. The van der Waals surface area contributed by atoms with Crippen LogP contribution in [0.3, 0.4) is 0 Å². The van der Waals surface area contributed by atoms with Gasteiger partial charge in [0.25, 0.3) is 0 Å². The summed E-state index contributed by atoms with van der Waals surface area (Å²) in [5.74, 6) is 0.795. The summed E-state index contributed by atoms with van der Waals surface area (Å²) in [5.41, 5.74) is 0.908. The summed E-state index contributed by atoms with van der Waals surface area (Å²) < 4.78 is 5.13. The van der Waals surface area contributed by atoms with Gasteiger partial charge in [0.15, 0.2) is 0 Å². The Labute approximate surface area is 78.3 Å². The number of anilines is 1. The van der Waals surface area contributed by atoms with Crippen molar-refractivity contribution in [3.8, 4) is 5.75 Å². The van der Waals surface area contributed by atoms with Crippen LogP contribution < -0.4 is 10.1 Å². The molecule has 0 heterocycles. The average molecular weight is 181 g/mol. The fraction of sp³-hybridized carbons (Fsp3) is 0.400. The largest absolute Gasteiger partial charge is 0.495 e. The lowest BCUT2D eigenvalue weighted by Gasteiger charge is -2.11. The van der Waals surface area contributed by atoms with Gasteiger partial charge in [-0.15, -0.1) is 0 Å². The number of hydrogen-bond donors (Lipinski definition) is 2.